The lowest BCUT2D eigenvalue weighted by Gasteiger charge is -2.59. The lowest BCUT2D eigenvalue weighted by molar-refractivity contribution is -0.139. The Morgan fingerprint density at radius 3 is 2.63 bits per heavy atom. The maximum atomic E-state index is 13.2. The Bertz CT molecular complexity index is 1310. The average molecular weight is 493 g/mol. The molecule has 2 aliphatic carbocycles. The third kappa shape index (κ3) is 3.44. The Balaban J connectivity index is 1.14. The first kappa shape index (κ1) is 21.3. The van der Waals surface area contributed by atoms with Gasteiger partial charge in [0.2, 0.25) is 5.91 Å². The highest BCUT2D eigenvalue weighted by atomic mass is 35.5. The standard InChI is InChI=1S/C26H26ClFN6O/c27-19-4-6-21-17(8-19)12-32(25(35)16-2-1-3-16)13-23-30-31-24(34(21)23)18-9-26(10-18)14-33(15-26)22-7-5-20(28)11-29-22/h4-8,11,16,18H,1-3,9-10,12-15H2. The predicted molar refractivity (Wildman–Crippen MR) is 129 cm³/mol. The van der Waals surface area contributed by atoms with E-state index in [4.69, 9.17) is 11.6 Å². The van der Waals surface area contributed by atoms with E-state index in [2.05, 4.69) is 24.6 Å². The monoisotopic (exact) mass is 492 g/mol. The van der Waals surface area contributed by atoms with Crippen molar-refractivity contribution < 1.29 is 9.18 Å². The van der Waals surface area contributed by atoms with Crippen LogP contribution in [0.5, 0.6) is 0 Å². The molecular formula is C26H26ClFN6O. The zero-order valence-corrected chi connectivity index (χ0v) is 20.1. The lowest BCUT2D eigenvalue weighted by atomic mass is 9.57. The number of nitrogens with zero attached hydrogens (tertiary/aromatic N) is 6. The highest BCUT2D eigenvalue weighted by molar-refractivity contribution is 6.30. The molecule has 0 atom stereocenters. The number of rotatable bonds is 3. The Hall–Kier alpha value is -3.00. The number of pyridine rings is 1. The van der Waals surface area contributed by atoms with Gasteiger partial charge in [-0.3, -0.25) is 9.36 Å². The van der Waals surface area contributed by atoms with Gasteiger partial charge in [0.1, 0.15) is 17.5 Å². The number of hydrogen-bond acceptors (Lipinski definition) is 5. The highest BCUT2D eigenvalue weighted by Gasteiger charge is 2.54. The first-order chi connectivity index (χ1) is 17.0. The molecule has 7 rings (SSSR count). The lowest BCUT2D eigenvalue weighted by Crippen LogP contribution is -2.62. The van der Waals surface area contributed by atoms with Crippen molar-refractivity contribution in [1.29, 1.82) is 0 Å². The van der Waals surface area contributed by atoms with E-state index in [0.717, 1.165) is 73.9 Å². The van der Waals surface area contributed by atoms with Crippen LogP contribution in [-0.4, -0.2) is 43.6 Å². The summed E-state index contributed by atoms with van der Waals surface area (Å²) in [7, 11) is 0. The second kappa shape index (κ2) is 7.75. The van der Waals surface area contributed by atoms with Gasteiger partial charge in [0.05, 0.1) is 18.4 Å². The fraction of sp³-hybridized carbons (Fsp3) is 0.462. The van der Waals surface area contributed by atoms with Gasteiger partial charge in [0.15, 0.2) is 5.82 Å². The number of benzene rings is 1. The fourth-order valence-corrected chi connectivity index (χ4v) is 6.46. The smallest absolute Gasteiger partial charge is 0.226 e. The summed E-state index contributed by atoms with van der Waals surface area (Å²) in [5.41, 5.74) is 2.32. The summed E-state index contributed by atoms with van der Waals surface area (Å²) in [5, 5.41) is 9.88. The Labute approximate surface area is 207 Å². The number of halogens is 2. The molecule has 0 radical (unpaired) electrons. The third-order valence-electron chi connectivity index (χ3n) is 8.31. The minimum absolute atomic E-state index is 0.134. The summed E-state index contributed by atoms with van der Waals surface area (Å²) in [6, 6.07) is 9.11. The maximum absolute atomic E-state index is 13.2. The maximum Gasteiger partial charge on any atom is 0.226 e. The van der Waals surface area contributed by atoms with Crippen LogP contribution in [0.3, 0.4) is 0 Å². The molecule has 2 aliphatic heterocycles. The van der Waals surface area contributed by atoms with Crippen LogP contribution in [0.1, 0.15) is 55.2 Å². The molecule has 1 amide bonds. The van der Waals surface area contributed by atoms with Crippen LogP contribution >= 0.6 is 11.6 Å². The number of hydrogen-bond donors (Lipinski definition) is 0. The van der Waals surface area contributed by atoms with Crippen molar-refractivity contribution in [3.05, 3.63) is 64.6 Å². The topological polar surface area (TPSA) is 67.2 Å². The van der Waals surface area contributed by atoms with Gasteiger partial charge in [-0.1, -0.05) is 18.0 Å². The van der Waals surface area contributed by atoms with Crippen LogP contribution in [0.2, 0.25) is 5.02 Å². The van der Waals surface area contributed by atoms with E-state index < -0.39 is 0 Å². The summed E-state index contributed by atoms with van der Waals surface area (Å²) in [5.74, 6) is 2.98. The van der Waals surface area contributed by atoms with Crippen molar-refractivity contribution in [1.82, 2.24) is 24.6 Å². The molecule has 0 N–H and O–H groups in total. The molecule has 9 heteroatoms. The molecule has 3 aromatic rings. The van der Waals surface area contributed by atoms with E-state index in [-0.39, 0.29) is 23.1 Å². The van der Waals surface area contributed by atoms with Crippen LogP contribution in [0.15, 0.2) is 36.5 Å². The molecule has 7 nitrogen and oxygen atoms in total. The van der Waals surface area contributed by atoms with Crippen molar-refractivity contribution in [3.8, 4) is 5.69 Å². The molecule has 1 saturated heterocycles. The number of carbonyl (C=O) groups excluding carboxylic acids is 1. The van der Waals surface area contributed by atoms with Gasteiger partial charge in [-0.2, -0.15) is 0 Å². The molecule has 180 valence electrons. The molecule has 2 saturated carbocycles. The minimum atomic E-state index is -0.310. The Morgan fingerprint density at radius 2 is 1.91 bits per heavy atom. The molecule has 35 heavy (non-hydrogen) atoms. The number of aromatic nitrogens is 4. The zero-order chi connectivity index (χ0) is 23.7. The molecule has 1 aromatic carbocycles. The Kier molecular flexibility index (Phi) is 4.72. The average Bonchev–Trinajstić information content (AvgIpc) is 3.07. The van der Waals surface area contributed by atoms with Crippen LogP contribution in [0.25, 0.3) is 5.69 Å². The highest BCUT2D eigenvalue weighted by Crippen LogP contribution is 2.56. The molecule has 2 aromatic heterocycles. The van der Waals surface area contributed by atoms with E-state index in [1.54, 1.807) is 6.07 Å². The van der Waals surface area contributed by atoms with Crippen molar-refractivity contribution in [3.63, 3.8) is 0 Å². The van der Waals surface area contributed by atoms with Crippen LogP contribution < -0.4 is 4.90 Å². The molecular weight excluding hydrogens is 467 g/mol. The van der Waals surface area contributed by atoms with Crippen LogP contribution in [-0.2, 0) is 17.9 Å². The van der Waals surface area contributed by atoms with Crippen LogP contribution in [0.4, 0.5) is 10.2 Å². The Morgan fingerprint density at radius 1 is 1.09 bits per heavy atom. The van der Waals surface area contributed by atoms with Gasteiger partial charge in [-0.15, -0.1) is 10.2 Å². The van der Waals surface area contributed by atoms with E-state index >= 15 is 0 Å². The van der Waals surface area contributed by atoms with E-state index in [9.17, 15) is 9.18 Å². The summed E-state index contributed by atoms with van der Waals surface area (Å²) in [6.45, 7) is 2.87. The van der Waals surface area contributed by atoms with Crippen LogP contribution in [0, 0.1) is 17.2 Å². The van der Waals surface area contributed by atoms with Gasteiger partial charge in [-0.05, 0) is 61.6 Å². The predicted octanol–water partition coefficient (Wildman–Crippen LogP) is 4.48. The van der Waals surface area contributed by atoms with E-state index in [1.807, 2.05) is 23.1 Å². The third-order valence-corrected chi connectivity index (χ3v) is 8.54. The minimum Gasteiger partial charge on any atom is -0.355 e. The molecule has 3 fully saturated rings. The molecule has 1 spiro atoms. The van der Waals surface area contributed by atoms with Crippen molar-refractivity contribution in [2.45, 2.75) is 51.1 Å². The first-order valence-electron chi connectivity index (χ1n) is 12.4. The number of fused-ring (bicyclic) bond motifs is 3. The molecule has 4 aliphatic rings. The van der Waals surface area contributed by atoms with Gasteiger partial charge in [0.25, 0.3) is 0 Å². The van der Waals surface area contributed by atoms with Gasteiger partial charge in [-0.25, -0.2) is 9.37 Å². The normalized spacial score (nSPS) is 21.0. The van der Waals surface area contributed by atoms with Crippen molar-refractivity contribution in [2.75, 3.05) is 18.0 Å². The number of amides is 1. The number of anilines is 1. The SMILES string of the molecule is O=C(C1CCC1)N1Cc2cc(Cl)ccc2-n2c(nnc2C2CC3(C2)CN(c2ccc(F)cn2)C3)C1. The largest absolute Gasteiger partial charge is 0.355 e. The first-order valence-corrected chi connectivity index (χ1v) is 12.7. The van der Waals surface area contributed by atoms with Gasteiger partial charge >= 0.3 is 0 Å². The summed E-state index contributed by atoms with van der Waals surface area (Å²) < 4.78 is 15.4. The molecule has 0 unspecified atom stereocenters. The van der Waals surface area contributed by atoms with Crippen molar-refractivity contribution >= 4 is 23.3 Å². The quantitative estimate of drug-likeness (QED) is 0.539. The molecule has 0 bridgehead atoms. The van der Waals surface area contributed by atoms with Crippen molar-refractivity contribution in [2.24, 2.45) is 11.3 Å². The molecule has 4 heterocycles. The van der Waals surface area contributed by atoms with E-state index in [0.29, 0.717) is 24.0 Å². The van der Waals surface area contributed by atoms with E-state index in [1.165, 1.54) is 12.3 Å². The fourth-order valence-electron chi connectivity index (χ4n) is 6.27. The zero-order valence-electron chi connectivity index (χ0n) is 19.3. The summed E-state index contributed by atoms with van der Waals surface area (Å²) in [6.07, 6.45) is 6.44. The summed E-state index contributed by atoms with van der Waals surface area (Å²) >= 11 is 6.36. The van der Waals surface area contributed by atoms with Gasteiger partial charge < -0.3 is 9.80 Å². The second-order valence-electron chi connectivity index (χ2n) is 10.7. The summed E-state index contributed by atoms with van der Waals surface area (Å²) in [4.78, 5) is 21.5. The second-order valence-corrected chi connectivity index (χ2v) is 11.1. The number of carbonyl (C=O) groups is 1. The van der Waals surface area contributed by atoms with Gasteiger partial charge in [0, 0.05) is 41.9 Å².